The van der Waals surface area contributed by atoms with E-state index in [4.69, 9.17) is 26.8 Å². The molecule has 1 aromatic heterocycles. The third kappa shape index (κ3) is 1.88. The van der Waals surface area contributed by atoms with Crippen LogP contribution in [0.4, 0.5) is 5.69 Å². The van der Waals surface area contributed by atoms with Crippen molar-refractivity contribution in [2.45, 2.75) is 12.5 Å². The fourth-order valence-corrected chi connectivity index (χ4v) is 1.34. The van der Waals surface area contributed by atoms with Gasteiger partial charge >= 0.3 is 0 Å². The normalized spacial score (nSPS) is 21.1. The smallest absolute Gasteiger partial charge is 0.242 e. The lowest BCUT2D eigenvalue weighted by atomic mass is 10.3. The van der Waals surface area contributed by atoms with E-state index in [1.54, 1.807) is 0 Å². The Kier molecular flexibility index (Phi) is 2.69. The van der Waals surface area contributed by atoms with Crippen LogP contribution in [0.25, 0.3) is 0 Å². The monoisotopic (exact) mass is 215 g/mol. The molecule has 1 fully saturated rings. The number of nitrogen functional groups attached to an aromatic ring is 1. The summed E-state index contributed by atoms with van der Waals surface area (Å²) in [6, 6.07) is 0. The van der Waals surface area contributed by atoms with Crippen LogP contribution in [-0.4, -0.2) is 29.3 Å². The van der Waals surface area contributed by atoms with Gasteiger partial charge in [0.1, 0.15) is 18.1 Å². The zero-order valence-electron chi connectivity index (χ0n) is 7.44. The van der Waals surface area contributed by atoms with E-state index in [2.05, 4.69) is 9.97 Å². The van der Waals surface area contributed by atoms with E-state index < -0.39 is 0 Å². The Morgan fingerprint density at radius 3 is 3.14 bits per heavy atom. The molecule has 2 rings (SSSR count). The third-order valence-electron chi connectivity index (χ3n) is 1.96. The number of nitrogens with zero attached hydrogens (tertiary/aromatic N) is 2. The summed E-state index contributed by atoms with van der Waals surface area (Å²) < 4.78 is 10.7. The fourth-order valence-electron chi connectivity index (χ4n) is 1.22. The SMILES string of the molecule is Nc1c(Cl)ncnc1O[C@H]1CCOC1. The second-order valence-corrected chi connectivity index (χ2v) is 3.34. The van der Waals surface area contributed by atoms with Crippen molar-refractivity contribution in [2.75, 3.05) is 18.9 Å². The molecular formula is C8H10ClN3O2. The number of hydrogen-bond donors (Lipinski definition) is 1. The maximum Gasteiger partial charge on any atom is 0.242 e. The number of nitrogens with two attached hydrogens (primary N) is 1. The summed E-state index contributed by atoms with van der Waals surface area (Å²) in [5.41, 5.74) is 5.92. The minimum Gasteiger partial charge on any atom is -0.470 e. The predicted octanol–water partition coefficient (Wildman–Crippen LogP) is 0.880. The van der Waals surface area contributed by atoms with Crippen molar-refractivity contribution >= 4 is 17.3 Å². The van der Waals surface area contributed by atoms with Crippen molar-refractivity contribution < 1.29 is 9.47 Å². The van der Waals surface area contributed by atoms with E-state index in [9.17, 15) is 0 Å². The van der Waals surface area contributed by atoms with Gasteiger partial charge in [0.25, 0.3) is 0 Å². The highest BCUT2D eigenvalue weighted by molar-refractivity contribution is 6.32. The Labute approximate surface area is 86.2 Å². The maximum absolute atomic E-state index is 5.71. The van der Waals surface area contributed by atoms with Gasteiger partial charge in [-0.3, -0.25) is 0 Å². The van der Waals surface area contributed by atoms with Crippen LogP contribution in [0.5, 0.6) is 5.88 Å². The van der Waals surface area contributed by atoms with Crippen LogP contribution in [0.2, 0.25) is 5.15 Å². The lowest BCUT2D eigenvalue weighted by molar-refractivity contribution is 0.138. The predicted molar refractivity (Wildman–Crippen MR) is 51.3 cm³/mol. The van der Waals surface area contributed by atoms with Gasteiger partial charge in [0.2, 0.25) is 5.88 Å². The standard InChI is InChI=1S/C8H10ClN3O2/c9-7-6(10)8(12-4-11-7)14-5-1-2-13-3-5/h4-5H,1-3,10H2/t5-/m0/s1. The van der Waals surface area contributed by atoms with Gasteiger partial charge in [0, 0.05) is 6.42 Å². The quantitative estimate of drug-likeness (QED) is 0.742. The Hall–Kier alpha value is -1.07. The largest absolute Gasteiger partial charge is 0.470 e. The van der Waals surface area contributed by atoms with Crippen LogP contribution in [-0.2, 0) is 4.74 Å². The Morgan fingerprint density at radius 1 is 1.57 bits per heavy atom. The first-order valence-electron chi connectivity index (χ1n) is 4.27. The zero-order valence-corrected chi connectivity index (χ0v) is 8.20. The van der Waals surface area contributed by atoms with Crippen LogP contribution in [0, 0.1) is 0 Å². The molecule has 0 spiro atoms. The minimum absolute atomic E-state index is 0.0169. The highest BCUT2D eigenvalue weighted by atomic mass is 35.5. The summed E-state index contributed by atoms with van der Waals surface area (Å²) >= 11 is 5.71. The van der Waals surface area contributed by atoms with E-state index in [0.717, 1.165) is 6.42 Å². The summed E-state index contributed by atoms with van der Waals surface area (Å²) in [6.45, 7) is 1.28. The van der Waals surface area contributed by atoms with E-state index >= 15 is 0 Å². The zero-order chi connectivity index (χ0) is 9.97. The van der Waals surface area contributed by atoms with Crippen LogP contribution < -0.4 is 10.5 Å². The number of rotatable bonds is 2. The fraction of sp³-hybridized carbons (Fsp3) is 0.500. The van der Waals surface area contributed by atoms with E-state index in [0.29, 0.717) is 19.1 Å². The van der Waals surface area contributed by atoms with Crippen molar-refractivity contribution in [3.63, 3.8) is 0 Å². The van der Waals surface area contributed by atoms with Crippen LogP contribution in [0.1, 0.15) is 6.42 Å². The first-order valence-corrected chi connectivity index (χ1v) is 4.65. The van der Waals surface area contributed by atoms with Gasteiger partial charge < -0.3 is 15.2 Å². The molecule has 1 aliphatic heterocycles. The molecule has 14 heavy (non-hydrogen) atoms. The third-order valence-corrected chi connectivity index (χ3v) is 2.27. The first-order chi connectivity index (χ1) is 6.77. The second-order valence-electron chi connectivity index (χ2n) is 2.99. The molecule has 5 nitrogen and oxygen atoms in total. The number of ether oxygens (including phenoxy) is 2. The molecule has 0 amide bonds. The molecule has 0 saturated carbocycles. The van der Waals surface area contributed by atoms with Crippen LogP contribution in [0.3, 0.4) is 0 Å². The number of aromatic nitrogens is 2. The van der Waals surface area contributed by atoms with Crippen molar-refractivity contribution in [1.29, 1.82) is 0 Å². The molecule has 6 heteroatoms. The topological polar surface area (TPSA) is 70.3 Å². The molecular weight excluding hydrogens is 206 g/mol. The molecule has 0 radical (unpaired) electrons. The lowest BCUT2D eigenvalue weighted by Crippen LogP contribution is -2.17. The van der Waals surface area contributed by atoms with Crippen molar-refractivity contribution in [3.8, 4) is 5.88 Å². The van der Waals surface area contributed by atoms with Crippen molar-refractivity contribution in [2.24, 2.45) is 0 Å². The molecule has 1 saturated heterocycles. The number of hydrogen-bond acceptors (Lipinski definition) is 5. The second kappa shape index (κ2) is 3.98. The van der Waals surface area contributed by atoms with Gasteiger partial charge in [0.05, 0.1) is 13.2 Å². The molecule has 76 valence electrons. The molecule has 1 aromatic rings. The first kappa shape index (κ1) is 9.48. The molecule has 1 atom stereocenters. The highest BCUT2D eigenvalue weighted by Gasteiger charge is 2.19. The van der Waals surface area contributed by atoms with Gasteiger partial charge in [-0.25, -0.2) is 4.98 Å². The van der Waals surface area contributed by atoms with E-state index in [-0.39, 0.29) is 16.9 Å². The number of halogens is 1. The summed E-state index contributed by atoms with van der Waals surface area (Å²) in [6.07, 6.45) is 2.19. The summed E-state index contributed by atoms with van der Waals surface area (Å²) in [4.78, 5) is 7.64. The Bertz CT molecular complexity index is 328. The van der Waals surface area contributed by atoms with Crippen molar-refractivity contribution in [1.82, 2.24) is 9.97 Å². The molecule has 0 bridgehead atoms. The van der Waals surface area contributed by atoms with Crippen LogP contribution in [0.15, 0.2) is 6.33 Å². The average molecular weight is 216 g/mol. The molecule has 0 unspecified atom stereocenters. The lowest BCUT2D eigenvalue weighted by Gasteiger charge is -2.12. The van der Waals surface area contributed by atoms with Gasteiger partial charge in [-0.05, 0) is 0 Å². The van der Waals surface area contributed by atoms with E-state index in [1.807, 2.05) is 0 Å². The minimum atomic E-state index is 0.0169. The average Bonchev–Trinajstić information content (AvgIpc) is 2.66. The molecule has 0 aromatic carbocycles. The molecule has 1 aliphatic rings. The summed E-state index contributed by atoms with van der Waals surface area (Å²) in [5, 5.41) is 0.217. The van der Waals surface area contributed by atoms with Gasteiger partial charge in [-0.1, -0.05) is 11.6 Å². The van der Waals surface area contributed by atoms with Gasteiger partial charge in [0.15, 0.2) is 5.15 Å². The van der Waals surface area contributed by atoms with Crippen molar-refractivity contribution in [3.05, 3.63) is 11.5 Å². The van der Waals surface area contributed by atoms with E-state index in [1.165, 1.54) is 6.33 Å². The highest BCUT2D eigenvalue weighted by Crippen LogP contribution is 2.26. The van der Waals surface area contributed by atoms with Gasteiger partial charge in [-0.15, -0.1) is 0 Å². The molecule has 0 aliphatic carbocycles. The van der Waals surface area contributed by atoms with Gasteiger partial charge in [-0.2, -0.15) is 4.98 Å². The molecule has 2 N–H and O–H groups in total. The Morgan fingerprint density at radius 2 is 2.43 bits per heavy atom. The molecule has 2 heterocycles. The van der Waals surface area contributed by atoms with Crippen LogP contribution >= 0.6 is 11.6 Å². The summed E-state index contributed by atoms with van der Waals surface area (Å²) in [5.74, 6) is 0.334. The maximum atomic E-state index is 5.71. The Balaban J connectivity index is 2.11. The number of anilines is 1. The summed E-state index contributed by atoms with van der Waals surface area (Å²) in [7, 11) is 0.